The Morgan fingerprint density at radius 3 is 2.47 bits per heavy atom. The van der Waals surface area contributed by atoms with Crippen LogP contribution in [0.5, 0.6) is 0 Å². The van der Waals surface area contributed by atoms with Crippen molar-refractivity contribution in [2.24, 2.45) is 0 Å². The second-order valence-electron chi connectivity index (χ2n) is 4.50. The Balaban J connectivity index is 2.02. The number of benzene rings is 1. The molecule has 1 aromatic rings. The third kappa shape index (κ3) is 3.39. The van der Waals surface area contributed by atoms with Crippen LogP contribution in [0, 0.1) is 10.1 Å². The molecule has 0 aliphatic carbocycles. The Kier molecular flexibility index (Phi) is 3.68. The first-order valence-electron chi connectivity index (χ1n) is 5.79. The average Bonchev–Trinajstić information content (AvgIpc) is 2.68. The molecule has 0 radical (unpaired) electrons. The molecule has 1 N–H and O–H groups in total. The van der Waals surface area contributed by atoms with Crippen LogP contribution in [-0.4, -0.2) is 25.1 Å². The van der Waals surface area contributed by atoms with Gasteiger partial charge in [-0.05, 0) is 12.5 Å². The van der Waals surface area contributed by atoms with E-state index in [0.717, 1.165) is 5.56 Å². The molecule has 0 spiro atoms. The van der Waals surface area contributed by atoms with Crippen molar-refractivity contribution in [1.29, 1.82) is 0 Å². The molecule has 7 heteroatoms. The zero-order valence-corrected chi connectivity index (χ0v) is 11.1. The smallest absolute Gasteiger partial charge is 0.269 e. The van der Waals surface area contributed by atoms with Crippen molar-refractivity contribution in [3.05, 3.63) is 51.4 Å². The fourth-order valence-corrected chi connectivity index (χ4v) is 3.23. The van der Waals surface area contributed by atoms with E-state index in [1.54, 1.807) is 18.2 Å². The summed E-state index contributed by atoms with van der Waals surface area (Å²) in [5.41, 5.74) is 0.919. The number of nitrogens with zero attached hydrogens (tertiary/aromatic N) is 1. The third-order valence-electron chi connectivity index (χ3n) is 3.00. The lowest BCUT2D eigenvalue weighted by molar-refractivity contribution is -0.384. The van der Waals surface area contributed by atoms with Gasteiger partial charge in [-0.2, -0.15) is 0 Å². The summed E-state index contributed by atoms with van der Waals surface area (Å²) < 4.78 is 22.6. The highest BCUT2D eigenvalue weighted by atomic mass is 32.2. The standard InChI is InChI=1S/C12H14N2O4S/c1-9(13-11-6-7-19(17,18)8-11)10-2-4-12(5-3-10)14(15)16/h2-7,9,11,13H,8H2,1H3. The first-order chi connectivity index (χ1) is 8.87. The normalized spacial score (nSPS) is 22.3. The van der Waals surface area contributed by atoms with E-state index in [4.69, 9.17) is 0 Å². The quantitative estimate of drug-likeness (QED) is 0.668. The average molecular weight is 282 g/mol. The van der Waals surface area contributed by atoms with Gasteiger partial charge in [0.05, 0.1) is 10.7 Å². The molecule has 2 atom stereocenters. The third-order valence-corrected chi connectivity index (χ3v) is 4.39. The number of nitro groups is 1. The molecule has 1 aliphatic rings. The van der Waals surface area contributed by atoms with Gasteiger partial charge < -0.3 is 5.32 Å². The maximum atomic E-state index is 11.3. The van der Waals surface area contributed by atoms with E-state index in [2.05, 4.69) is 5.32 Å². The van der Waals surface area contributed by atoms with Gasteiger partial charge in [0.15, 0.2) is 9.84 Å². The Morgan fingerprint density at radius 1 is 1.37 bits per heavy atom. The van der Waals surface area contributed by atoms with Crippen LogP contribution in [-0.2, 0) is 9.84 Å². The first kappa shape index (κ1) is 13.7. The van der Waals surface area contributed by atoms with Gasteiger partial charge in [0.2, 0.25) is 0 Å². The monoisotopic (exact) mass is 282 g/mol. The van der Waals surface area contributed by atoms with Gasteiger partial charge in [-0.1, -0.05) is 18.2 Å². The van der Waals surface area contributed by atoms with Crippen molar-refractivity contribution in [3.63, 3.8) is 0 Å². The second kappa shape index (κ2) is 5.10. The van der Waals surface area contributed by atoms with E-state index in [0.29, 0.717) is 0 Å². The topological polar surface area (TPSA) is 89.3 Å². The van der Waals surface area contributed by atoms with Crippen molar-refractivity contribution >= 4 is 15.5 Å². The zero-order valence-electron chi connectivity index (χ0n) is 10.3. The van der Waals surface area contributed by atoms with Crippen LogP contribution in [0.3, 0.4) is 0 Å². The molecule has 2 unspecified atom stereocenters. The highest BCUT2D eigenvalue weighted by Crippen LogP contribution is 2.19. The molecule has 2 rings (SSSR count). The van der Waals surface area contributed by atoms with E-state index in [1.807, 2.05) is 6.92 Å². The summed E-state index contributed by atoms with van der Waals surface area (Å²) in [5.74, 6) is 0.0598. The number of nitrogens with one attached hydrogen (secondary N) is 1. The molecular weight excluding hydrogens is 268 g/mol. The molecule has 0 aromatic heterocycles. The van der Waals surface area contributed by atoms with Crippen LogP contribution in [0.4, 0.5) is 5.69 Å². The molecule has 19 heavy (non-hydrogen) atoms. The summed E-state index contributed by atoms with van der Waals surface area (Å²) in [7, 11) is -3.07. The molecule has 0 saturated heterocycles. The lowest BCUT2D eigenvalue weighted by atomic mass is 10.1. The Bertz CT molecular complexity index is 607. The molecule has 6 nitrogen and oxygen atoms in total. The van der Waals surface area contributed by atoms with Crippen LogP contribution >= 0.6 is 0 Å². The first-order valence-corrected chi connectivity index (χ1v) is 7.50. The SMILES string of the molecule is CC(NC1C=CS(=O)(=O)C1)c1ccc([N+](=O)[O-])cc1. The number of hydrogen-bond acceptors (Lipinski definition) is 5. The van der Waals surface area contributed by atoms with Crippen molar-refractivity contribution in [2.75, 3.05) is 5.75 Å². The predicted molar refractivity (Wildman–Crippen MR) is 71.4 cm³/mol. The van der Waals surface area contributed by atoms with Gasteiger partial charge in [0.25, 0.3) is 5.69 Å². The molecule has 0 fully saturated rings. The number of rotatable bonds is 4. The Morgan fingerprint density at radius 2 is 2.00 bits per heavy atom. The van der Waals surface area contributed by atoms with Crippen LogP contribution < -0.4 is 5.32 Å². The lowest BCUT2D eigenvalue weighted by Crippen LogP contribution is -2.32. The Hall–Kier alpha value is -1.73. The van der Waals surface area contributed by atoms with Gasteiger partial charge in [-0.25, -0.2) is 8.42 Å². The van der Waals surface area contributed by atoms with Crippen LogP contribution in [0.25, 0.3) is 0 Å². The van der Waals surface area contributed by atoms with Gasteiger partial charge in [0, 0.05) is 29.6 Å². The number of nitro benzene ring substituents is 1. The number of hydrogen-bond donors (Lipinski definition) is 1. The molecule has 0 amide bonds. The largest absolute Gasteiger partial charge is 0.303 e. The van der Waals surface area contributed by atoms with E-state index in [9.17, 15) is 18.5 Å². The van der Waals surface area contributed by atoms with E-state index in [-0.39, 0.29) is 23.5 Å². The van der Waals surface area contributed by atoms with Gasteiger partial charge in [-0.15, -0.1) is 0 Å². The van der Waals surface area contributed by atoms with Crippen molar-refractivity contribution in [2.45, 2.75) is 19.0 Å². The summed E-state index contributed by atoms with van der Waals surface area (Å²) >= 11 is 0. The highest BCUT2D eigenvalue weighted by molar-refractivity contribution is 7.94. The summed E-state index contributed by atoms with van der Waals surface area (Å²) in [4.78, 5) is 10.1. The molecule has 1 aromatic carbocycles. The molecule has 102 valence electrons. The predicted octanol–water partition coefficient (Wildman–Crippen LogP) is 1.56. The van der Waals surface area contributed by atoms with E-state index < -0.39 is 14.8 Å². The molecule has 0 bridgehead atoms. The summed E-state index contributed by atoms with van der Waals surface area (Å²) in [5, 5.41) is 14.9. The fraction of sp³-hybridized carbons (Fsp3) is 0.333. The minimum absolute atomic E-state index is 0.0410. The molecule has 1 heterocycles. The lowest BCUT2D eigenvalue weighted by Gasteiger charge is -2.17. The van der Waals surface area contributed by atoms with Gasteiger partial charge >= 0.3 is 0 Å². The van der Waals surface area contributed by atoms with Crippen LogP contribution in [0.1, 0.15) is 18.5 Å². The van der Waals surface area contributed by atoms with Crippen LogP contribution in [0.2, 0.25) is 0 Å². The molecule has 1 aliphatic heterocycles. The van der Waals surface area contributed by atoms with Gasteiger partial charge in [-0.3, -0.25) is 10.1 Å². The second-order valence-corrected chi connectivity index (χ2v) is 6.43. The van der Waals surface area contributed by atoms with Crippen LogP contribution in [0.15, 0.2) is 35.7 Å². The maximum Gasteiger partial charge on any atom is 0.269 e. The number of non-ortho nitro benzene ring substituents is 1. The molecule has 0 saturated carbocycles. The Labute approximate surface area is 111 Å². The zero-order chi connectivity index (χ0) is 14.0. The van der Waals surface area contributed by atoms with Gasteiger partial charge in [0.1, 0.15) is 0 Å². The summed E-state index contributed by atoms with van der Waals surface area (Å²) in [6.45, 7) is 1.89. The van der Waals surface area contributed by atoms with Crippen molar-refractivity contribution < 1.29 is 13.3 Å². The van der Waals surface area contributed by atoms with E-state index >= 15 is 0 Å². The molecular formula is C12H14N2O4S. The van der Waals surface area contributed by atoms with E-state index in [1.165, 1.54) is 17.5 Å². The highest BCUT2D eigenvalue weighted by Gasteiger charge is 2.23. The minimum atomic E-state index is -3.07. The summed E-state index contributed by atoms with van der Waals surface area (Å²) in [6.07, 6.45) is 1.62. The number of sulfone groups is 1. The maximum absolute atomic E-state index is 11.3. The fourth-order valence-electron chi connectivity index (χ4n) is 1.98. The minimum Gasteiger partial charge on any atom is -0.303 e. The van der Waals surface area contributed by atoms with Crippen molar-refractivity contribution in [3.8, 4) is 0 Å². The van der Waals surface area contributed by atoms with Crippen molar-refractivity contribution in [1.82, 2.24) is 5.32 Å². The summed E-state index contributed by atoms with van der Waals surface area (Å²) in [6, 6.07) is 5.93.